The van der Waals surface area contributed by atoms with Crippen LogP contribution in [0.5, 0.6) is 5.75 Å². The molecule has 1 aromatic rings. The quantitative estimate of drug-likeness (QED) is 0.771. The number of benzene rings is 1. The normalized spacial score (nSPS) is 20.0. The molecule has 5 nitrogen and oxygen atoms in total. The summed E-state index contributed by atoms with van der Waals surface area (Å²) in [7, 11) is 1.89. The number of fused-ring (bicyclic) bond motifs is 1. The van der Waals surface area contributed by atoms with Crippen molar-refractivity contribution in [1.29, 1.82) is 0 Å². The molecule has 1 saturated heterocycles. The number of rotatable bonds is 5. The molecular weight excluding hydrogens is 364 g/mol. The van der Waals surface area contributed by atoms with Gasteiger partial charge in [-0.05, 0) is 49.4 Å². The first-order chi connectivity index (χ1) is 13.0. The summed E-state index contributed by atoms with van der Waals surface area (Å²) in [6, 6.07) is 5.56. The van der Waals surface area contributed by atoms with E-state index < -0.39 is 0 Å². The van der Waals surface area contributed by atoms with Gasteiger partial charge in [0.05, 0.1) is 5.92 Å². The molecule has 0 saturated carbocycles. The number of piperidine rings is 1. The van der Waals surface area contributed by atoms with E-state index in [1.54, 1.807) is 0 Å². The zero-order chi connectivity index (χ0) is 19.4. The summed E-state index contributed by atoms with van der Waals surface area (Å²) in [6.07, 6.45) is 4.27. The molecule has 148 valence electrons. The maximum atomic E-state index is 12.9. The van der Waals surface area contributed by atoms with Crippen LogP contribution in [0.4, 0.5) is 0 Å². The first kappa shape index (κ1) is 20.0. The molecule has 1 unspecified atom stereocenters. The standard InChI is InChI=1S/C21H29ClN2O3/c1-3-4-9-23(2)20(25)15-7-10-24(11-8-15)21(26)17-12-16-13-18(22)5-6-19(16)27-14-17/h5-6,13,15,17H,3-4,7-12,14H2,1-2H3. The van der Waals surface area contributed by atoms with Gasteiger partial charge in [-0.3, -0.25) is 9.59 Å². The molecule has 6 heteroatoms. The van der Waals surface area contributed by atoms with Gasteiger partial charge in [-0.15, -0.1) is 0 Å². The largest absolute Gasteiger partial charge is 0.492 e. The minimum absolute atomic E-state index is 0.0399. The highest BCUT2D eigenvalue weighted by atomic mass is 35.5. The van der Waals surface area contributed by atoms with Crippen molar-refractivity contribution in [2.24, 2.45) is 11.8 Å². The van der Waals surface area contributed by atoms with E-state index in [9.17, 15) is 9.59 Å². The lowest BCUT2D eigenvalue weighted by molar-refractivity contribution is -0.142. The number of carbonyl (C=O) groups is 2. The van der Waals surface area contributed by atoms with Gasteiger partial charge < -0.3 is 14.5 Å². The van der Waals surface area contributed by atoms with E-state index in [0.29, 0.717) is 31.1 Å². The van der Waals surface area contributed by atoms with Crippen molar-refractivity contribution in [3.8, 4) is 5.75 Å². The first-order valence-electron chi connectivity index (χ1n) is 9.94. The third kappa shape index (κ3) is 4.75. The Hall–Kier alpha value is -1.75. The number of likely N-dealkylation sites (tertiary alicyclic amines) is 1. The van der Waals surface area contributed by atoms with Crippen LogP contribution in [0.1, 0.15) is 38.2 Å². The zero-order valence-electron chi connectivity index (χ0n) is 16.2. The van der Waals surface area contributed by atoms with Crippen LogP contribution in [-0.4, -0.2) is 54.9 Å². The molecule has 3 rings (SSSR count). The number of carbonyl (C=O) groups excluding carboxylic acids is 2. The Morgan fingerprint density at radius 1 is 1.26 bits per heavy atom. The maximum Gasteiger partial charge on any atom is 0.229 e. The van der Waals surface area contributed by atoms with Crippen molar-refractivity contribution >= 4 is 23.4 Å². The molecule has 1 atom stereocenters. The molecule has 0 radical (unpaired) electrons. The molecule has 0 spiro atoms. The second-order valence-corrected chi connectivity index (χ2v) is 8.11. The Kier molecular flexibility index (Phi) is 6.64. The Morgan fingerprint density at radius 2 is 2.00 bits per heavy atom. The second kappa shape index (κ2) is 8.96. The van der Waals surface area contributed by atoms with Crippen LogP contribution in [0.2, 0.25) is 5.02 Å². The number of unbranched alkanes of at least 4 members (excludes halogenated alkanes) is 1. The van der Waals surface area contributed by atoms with Crippen LogP contribution in [0.3, 0.4) is 0 Å². The smallest absolute Gasteiger partial charge is 0.229 e. The molecule has 2 amide bonds. The average Bonchev–Trinajstić information content (AvgIpc) is 2.70. The first-order valence-corrected chi connectivity index (χ1v) is 10.3. The third-order valence-electron chi connectivity index (χ3n) is 5.66. The Morgan fingerprint density at radius 3 is 2.70 bits per heavy atom. The highest BCUT2D eigenvalue weighted by Crippen LogP contribution is 2.31. The van der Waals surface area contributed by atoms with Gasteiger partial charge in [-0.1, -0.05) is 24.9 Å². The van der Waals surface area contributed by atoms with Crippen molar-refractivity contribution in [2.45, 2.75) is 39.0 Å². The minimum atomic E-state index is -0.171. The van der Waals surface area contributed by atoms with Crippen molar-refractivity contribution in [3.63, 3.8) is 0 Å². The number of halogens is 1. The predicted molar refractivity (Wildman–Crippen MR) is 106 cm³/mol. The number of amides is 2. The monoisotopic (exact) mass is 392 g/mol. The summed E-state index contributed by atoms with van der Waals surface area (Å²) in [6.45, 7) is 4.65. The molecule has 1 aromatic carbocycles. The number of hydrogen-bond acceptors (Lipinski definition) is 3. The topological polar surface area (TPSA) is 49.9 Å². The fourth-order valence-electron chi connectivity index (χ4n) is 3.94. The summed E-state index contributed by atoms with van der Waals surface area (Å²) < 4.78 is 5.76. The fourth-order valence-corrected chi connectivity index (χ4v) is 4.14. The van der Waals surface area contributed by atoms with Gasteiger partial charge in [0.2, 0.25) is 11.8 Å². The van der Waals surface area contributed by atoms with E-state index in [1.165, 1.54) is 0 Å². The minimum Gasteiger partial charge on any atom is -0.492 e. The Labute approximate surface area is 166 Å². The van der Waals surface area contributed by atoms with Gasteiger partial charge in [-0.2, -0.15) is 0 Å². The van der Waals surface area contributed by atoms with E-state index in [1.807, 2.05) is 35.0 Å². The molecule has 27 heavy (non-hydrogen) atoms. The number of ether oxygens (including phenoxy) is 1. The number of nitrogens with zero attached hydrogens (tertiary/aromatic N) is 2. The van der Waals surface area contributed by atoms with Crippen molar-refractivity contribution in [1.82, 2.24) is 9.80 Å². The maximum absolute atomic E-state index is 12.9. The zero-order valence-corrected chi connectivity index (χ0v) is 17.0. The van der Waals surface area contributed by atoms with E-state index in [2.05, 4.69) is 6.92 Å². The summed E-state index contributed by atoms with van der Waals surface area (Å²) in [5.41, 5.74) is 0.995. The summed E-state index contributed by atoms with van der Waals surface area (Å²) in [5.74, 6) is 1.04. The highest BCUT2D eigenvalue weighted by Gasteiger charge is 2.34. The molecule has 1 fully saturated rings. The predicted octanol–water partition coefficient (Wildman–Crippen LogP) is 3.39. The lowest BCUT2D eigenvalue weighted by atomic mass is 9.92. The van der Waals surface area contributed by atoms with Gasteiger partial charge >= 0.3 is 0 Å². The molecule has 2 aliphatic heterocycles. The van der Waals surface area contributed by atoms with Crippen LogP contribution >= 0.6 is 11.6 Å². The molecule has 0 bridgehead atoms. The van der Waals surface area contributed by atoms with E-state index in [0.717, 1.165) is 43.5 Å². The van der Waals surface area contributed by atoms with Crippen LogP contribution in [0.15, 0.2) is 18.2 Å². The molecule has 0 aromatic heterocycles. The summed E-state index contributed by atoms with van der Waals surface area (Å²) in [4.78, 5) is 29.2. The molecular formula is C21H29ClN2O3. The van der Waals surface area contributed by atoms with Crippen molar-refractivity contribution < 1.29 is 14.3 Å². The molecule has 0 aliphatic carbocycles. The lowest BCUT2D eigenvalue weighted by Gasteiger charge is -2.36. The third-order valence-corrected chi connectivity index (χ3v) is 5.89. The van der Waals surface area contributed by atoms with Gasteiger partial charge in [0.1, 0.15) is 12.4 Å². The summed E-state index contributed by atoms with van der Waals surface area (Å²) in [5, 5.41) is 0.664. The van der Waals surface area contributed by atoms with Crippen molar-refractivity contribution in [3.05, 3.63) is 28.8 Å². The fraction of sp³-hybridized carbons (Fsp3) is 0.619. The number of hydrogen-bond donors (Lipinski definition) is 0. The SMILES string of the molecule is CCCCN(C)C(=O)C1CCN(C(=O)C2COc3ccc(Cl)cc3C2)CC1. The summed E-state index contributed by atoms with van der Waals surface area (Å²) >= 11 is 6.07. The van der Waals surface area contributed by atoms with Crippen LogP contribution in [0.25, 0.3) is 0 Å². The Balaban J connectivity index is 1.52. The van der Waals surface area contributed by atoms with E-state index in [4.69, 9.17) is 16.3 Å². The van der Waals surface area contributed by atoms with E-state index >= 15 is 0 Å². The average molecular weight is 393 g/mol. The van der Waals surface area contributed by atoms with Gasteiger partial charge in [-0.25, -0.2) is 0 Å². The lowest BCUT2D eigenvalue weighted by Crippen LogP contribution is -2.47. The van der Waals surface area contributed by atoms with Gasteiger partial charge in [0.25, 0.3) is 0 Å². The molecule has 2 heterocycles. The molecule has 2 aliphatic rings. The highest BCUT2D eigenvalue weighted by molar-refractivity contribution is 6.30. The van der Waals surface area contributed by atoms with Crippen LogP contribution in [-0.2, 0) is 16.0 Å². The van der Waals surface area contributed by atoms with Crippen molar-refractivity contribution in [2.75, 3.05) is 33.3 Å². The van der Waals surface area contributed by atoms with Crippen LogP contribution < -0.4 is 4.74 Å². The second-order valence-electron chi connectivity index (χ2n) is 7.68. The Bertz CT molecular complexity index is 686. The van der Waals surface area contributed by atoms with Gasteiger partial charge in [0, 0.05) is 37.6 Å². The molecule has 0 N–H and O–H groups in total. The van der Waals surface area contributed by atoms with E-state index in [-0.39, 0.29) is 23.7 Å². The van der Waals surface area contributed by atoms with Crippen LogP contribution in [0, 0.1) is 11.8 Å². The van der Waals surface area contributed by atoms with Gasteiger partial charge in [0.15, 0.2) is 0 Å².